The molecular formula is C14H23N3O2. The highest BCUT2D eigenvalue weighted by Crippen LogP contribution is 2.24. The quantitative estimate of drug-likeness (QED) is 0.856. The first kappa shape index (κ1) is 14.1. The molecule has 1 saturated carbocycles. The topological polar surface area (TPSA) is 67.2 Å². The minimum absolute atomic E-state index is 0.137. The van der Waals surface area contributed by atoms with Gasteiger partial charge in [-0.1, -0.05) is 0 Å². The number of carboxylic acids is 1. The van der Waals surface area contributed by atoms with E-state index in [-0.39, 0.29) is 5.92 Å². The summed E-state index contributed by atoms with van der Waals surface area (Å²) in [5.74, 6) is -0.779. The Labute approximate surface area is 114 Å². The van der Waals surface area contributed by atoms with Crippen LogP contribution in [0.15, 0.2) is 12.4 Å². The van der Waals surface area contributed by atoms with Crippen LogP contribution in [0.25, 0.3) is 0 Å². The largest absolute Gasteiger partial charge is 0.481 e. The van der Waals surface area contributed by atoms with Gasteiger partial charge >= 0.3 is 5.97 Å². The van der Waals surface area contributed by atoms with Gasteiger partial charge in [-0.3, -0.25) is 9.48 Å². The van der Waals surface area contributed by atoms with Crippen LogP contribution in [-0.4, -0.2) is 26.9 Å². The van der Waals surface area contributed by atoms with E-state index < -0.39 is 5.97 Å². The van der Waals surface area contributed by atoms with Crippen LogP contribution < -0.4 is 5.32 Å². The molecular weight excluding hydrogens is 242 g/mol. The summed E-state index contributed by atoms with van der Waals surface area (Å²) in [6, 6.07) is 0.831. The zero-order valence-electron chi connectivity index (χ0n) is 11.7. The molecule has 0 unspecified atom stereocenters. The number of rotatable bonds is 5. The molecule has 5 heteroatoms. The van der Waals surface area contributed by atoms with Crippen molar-refractivity contribution in [1.29, 1.82) is 0 Å². The van der Waals surface area contributed by atoms with Crippen molar-refractivity contribution >= 4 is 5.97 Å². The Morgan fingerprint density at radius 1 is 1.47 bits per heavy atom. The van der Waals surface area contributed by atoms with Gasteiger partial charge in [0.2, 0.25) is 0 Å². The Balaban J connectivity index is 1.75. The van der Waals surface area contributed by atoms with Crippen LogP contribution in [0.1, 0.15) is 51.1 Å². The molecule has 0 aliphatic heterocycles. The molecule has 5 nitrogen and oxygen atoms in total. The fraction of sp³-hybridized carbons (Fsp3) is 0.714. The molecule has 2 rings (SSSR count). The number of carbonyl (C=O) groups is 1. The first-order valence-electron chi connectivity index (χ1n) is 7.05. The minimum atomic E-state index is -0.642. The minimum Gasteiger partial charge on any atom is -0.481 e. The van der Waals surface area contributed by atoms with Crippen LogP contribution in [0, 0.1) is 5.92 Å². The Morgan fingerprint density at radius 3 is 2.68 bits per heavy atom. The smallest absolute Gasteiger partial charge is 0.306 e. The fourth-order valence-corrected chi connectivity index (χ4v) is 2.56. The Kier molecular flexibility index (Phi) is 4.58. The van der Waals surface area contributed by atoms with Crippen molar-refractivity contribution in [1.82, 2.24) is 15.1 Å². The van der Waals surface area contributed by atoms with Gasteiger partial charge in [-0.05, 0) is 39.5 Å². The maximum absolute atomic E-state index is 10.9. The van der Waals surface area contributed by atoms with Crippen LogP contribution in [0.5, 0.6) is 0 Å². The number of nitrogens with zero attached hydrogens (tertiary/aromatic N) is 2. The molecule has 1 aromatic rings. The highest BCUT2D eigenvalue weighted by molar-refractivity contribution is 5.70. The Hall–Kier alpha value is -1.36. The monoisotopic (exact) mass is 265 g/mol. The van der Waals surface area contributed by atoms with E-state index in [0.29, 0.717) is 12.1 Å². The van der Waals surface area contributed by atoms with E-state index >= 15 is 0 Å². The summed E-state index contributed by atoms with van der Waals surface area (Å²) in [5.41, 5.74) is 1.19. The van der Waals surface area contributed by atoms with Gasteiger partial charge < -0.3 is 10.4 Å². The number of hydrogen-bond acceptors (Lipinski definition) is 3. The van der Waals surface area contributed by atoms with E-state index in [1.165, 1.54) is 5.56 Å². The highest BCUT2D eigenvalue weighted by atomic mass is 16.4. The number of nitrogens with one attached hydrogen (secondary N) is 1. The molecule has 1 fully saturated rings. The summed E-state index contributed by atoms with van der Waals surface area (Å²) in [5, 5.41) is 16.8. The van der Waals surface area contributed by atoms with Crippen molar-refractivity contribution in [2.75, 3.05) is 0 Å². The summed E-state index contributed by atoms with van der Waals surface area (Å²) in [6.07, 6.45) is 7.46. The van der Waals surface area contributed by atoms with Gasteiger partial charge in [0.1, 0.15) is 0 Å². The second kappa shape index (κ2) is 6.19. The zero-order valence-corrected chi connectivity index (χ0v) is 11.7. The molecule has 19 heavy (non-hydrogen) atoms. The van der Waals surface area contributed by atoms with Gasteiger partial charge in [0.05, 0.1) is 12.1 Å². The molecule has 106 valence electrons. The Morgan fingerprint density at radius 2 is 2.16 bits per heavy atom. The molecule has 1 aliphatic rings. The highest BCUT2D eigenvalue weighted by Gasteiger charge is 2.25. The second-order valence-electron chi connectivity index (χ2n) is 5.69. The van der Waals surface area contributed by atoms with E-state index in [1.54, 1.807) is 0 Å². The fourth-order valence-electron chi connectivity index (χ4n) is 2.56. The summed E-state index contributed by atoms with van der Waals surface area (Å²) in [6.45, 7) is 5.03. The molecule has 1 heterocycles. The standard InChI is InChI=1S/C14H23N3O2/c1-10(2)17-9-11(8-16-17)7-15-13-5-3-12(4-6-13)14(18)19/h8-10,12-13,15H,3-7H2,1-2H3,(H,18,19). The lowest BCUT2D eigenvalue weighted by Gasteiger charge is -2.26. The predicted octanol–water partition coefficient (Wildman–Crippen LogP) is 2.20. The van der Waals surface area contributed by atoms with Crippen molar-refractivity contribution in [3.63, 3.8) is 0 Å². The Bertz CT molecular complexity index is 420. The summed E-state index contributed by atoms with van der Waals surface area (Å²) in [7, 11) is 0. The van der Waals surface area contributed by atoms with Crippen LogP contribution >= 0.6 is 0 Å². The normalized spacial score (nSPS) is 23.7. The lowest BCUT2D eigenvalue weighted by atomic mass is 9.86. The molecule has 2 N–H and O–H groups in total. The van der Waals surface area contributed by atoms with Gasteiger partial charge in [0.15, 0.2) is 0 Å². The predicted molar refractivity (Wildman–Crippen MR) is 72.8 cm³/mol. The van der Waals surface area contributed by atoms with Crippen molar-refractivity contribution in [2.24, 2.45) is 5.92 Å². The number of hydrogen-bond donors (Lipinski definition) is 2. The van der Waals surface area contributed by atoms with E-state index in [0.717, 1.165) is 32.2 Å². The molecule has 1 aromatic heterocycles. The van der Waals surface area contributed by atoms with Crippen LogP contribution in [0.4, 0.5) is 0 Å². The van der Waals surface area contributed by atoms with Crippen molar-refractivity contribution in [2.45, 2.75) is 58.2 Å². The first-order chi connectivity index (χ1) is 9.06. The van der Waals surface area contributed by atoms with Gasteiger partial charge in [-0.25, -0.2) is 0 Å². The molecule has 1 aliphatic carbocycles. The zero-order chi connectivity index (χ0) is 13.8. The van der Waals surface area contributed by atoms with Gasteiger partial charge in [0.25, 0.3) is 0 Å². The molecule has 0 saturated heterocycles. The van der Waals surface area contributed by atoms with Crippen LogP contribution in [0.2, 0.25) is 0 Å². The maximum Gasteiger partial charge on any atom is 0.306 e. The summed E-state index contributed by atoms with van der Waals surface area (Å²) < 4.78 is 1.96. The van der Waals surface area contributed by atoms with E-state index in [4.69, 9.17) is 5.11 Å². The lowest BCUT2D eigenvalue weighted by Crippen LogP contribution is -2.34. The van der Waals surface area contributed by atoms with Crippen molar-refractivity contribution in [3.05, 3.63) is 18.0 Å². The molecule has 0 amide bonds. The van der Waals surface area contributed by atoms with Crippen molar-refractivity contribution < 1.29 is 9.90 Å². The van der Waals surface area contributed by atoms with E-state index in [2.05, 4.69) is 30.5 Å². The van der Waals surface area contributed by atoms with Gasteiger partial charge in [-0.2, -0.15) is 5.10 Å². The molecule has 0 radical (unpaired) electrons. The number of aromatic nitrogens is 2. The second-order valence-corrected chi connectivity index (χ2v) is 5.69. The molecule has 0 bridgehead atoms. The van der Waals surface area contributed by atoms with Crippen LogP contribution in [-0.2, 0) is 11.3 Å². The van der Waals surface area contributed by atoms with Gasteiger partial charge in [0, 0.05) is 30.4 Å². The average Bonchev–Trinajstić information content (AvgIpc) is 2.86. The van der Waals surface area contributed by atoms with E-state index in [9.17, 15) is 4.79 Å². The third kappa shape index (κ3) is 3.80. The third-order valence-corrected chi connectivity index (χ3v) is 3.86. The number of aliphatic carboxylic acids is 1. The van der Waals surface area contributed by atoms with Crippen molar-refractivity contribution in [3.8, 4) is 0 Å². The molecule has 0 spiro atoms. The molecule has 0 aromatic carbocycles. The SMILES string of the molecule is CC(C)n1cc(CNC2CCC(C(=O)O)CC2)cn1. The summed E-state index contributed by atoms with van der Waals surface area (Å²) >= 11 is 0. The maximum atomic E-state index is 10.9. The molecule has 0 atom stereocenters. The van der Waals surface area contributed by atoms with Crippen LogP contribution in [0.3, 0.4) is 0 Å². The number of carboxylic acid groups (broad SMARTS) is 1. The average molecular weight is 265 g/mol. The lowest BCUT2D eigenvalue weighted by molar-refractivity contribution is -0.142. The first-order valence-corrected chi connectivity index (χ1v) is 7.05. The third-order valence-electron chi connectivity index (χ3n) is 3.86. The van der Waals surface area contributed by atoms with Gasteiger partial charge in [-0.15, -0.1) is 0 Å². The summed E-state index contributed by atoms with van der Waals surface area (Å²) in [4.78, 5) is 10.9. The van der Waals surface area contributed by atoms with E-state index in [1.807, 2.05) is 10.9 Å².